The Balaban J connectivity index is 1.51. The van der Waals surface area contributed by atoms with E-state index in [1.165, 1.54) is 0 Å². The molecule has 0 unspecified atom stereocenters. The summed E-state index contributed by atoms with van der Waals surface area (Å²) in [5.74, 6) is 0.240. The molecule has 5 nitrogen and oxygen atoms in total. The molecule has 0 fully saturated rings. The van der Waals surface area contributed by atoms with Crippen molar-refractivity contribution in [3.8, 4) is 11.3 Å². The summed E-state index contributed by atoms with van der Waals surface area (Å²) in [5.41, 5.74) is 0.727. The van der Waals surface area contributed by atoms with Gasteiger partial charge in [-0.1, -0.05) is 30.3 Å². The molecule has 0 atom stereocenters. The lowest BCUT2D eigenvalue weighted by Crippen LogP contribution is -2.36. The SMILES string of the molecule is O=c1[nH]c(C(F)(F)F)nc2c1CN(Cc1ccc(-c3ccccc3)o1)CC2. The minimum atomic E-state index is -4.66. The van der Waals surface area contributed by atoms with Crippen LogP contribution >= 0.6 is 0 Å². The van der Waals surface area contributed by atoms with Crippen LogP contribution in [0.5, 0.6) is 0 Å². The third-order valence-electron chi connectivity index (χ3n) is 4.52. The third kappa shape index (κ3) is 3.66. The number of aromatic amines is 1. The maximum absolute atomic E-state index is 12.8. The van der Waals surface area contributed by atoms with Crippen molar-refractivity contribution in [1.29, 1.82) is 0 Å². The van der Waals surface area contributed by atoms with Gasteiger partial charge in [0, 0.05) is 25.1 Å². The molecular formula is C19H16F3N3O2. The van der Waals surface area contributed by atoms with Crippen molar-refractivity contribution >= 4 is 0 Å². The summed E-state index contributed by atoms with van der Waals surface area (Å²) in [5, 5.41) is 0. The fourth-order valence-corrected chi connectivity index (χ4v) is 3.19. The number of H-pyrrole nitrogens is 1. The predicted molar refractivity (Wildman–Crippen MR) is 91.8 cm³/mol. The maximum atomic E-state index is 12.8. The molecule has 3 aromatic rings. The van der Waals surface area contributed by atoms with E-state index in [4.69, 9.17) is 4.42 Å². The second kappa shape index (κ2) is 6.70. The average molecular weight is 375 g/mol. The summed E-state index contributed by atoms with van der Waals surface area (Å²) >= 11 is 0. The Kier molecular flexibility index (Phi) is 4.35. The van der Waals surface area contributed by atoms with Crippen molar-refractivity contribution in [3.63, 3.8) is 0 Å². The van der Waals surface area contributed by atoms with Crippen molar-refractivity contribution in [2.24, 2.45) is 0 Å². The van der Waals surface area contributed by atoms with Crippen molar-refractivity contribution in [3.05, 3.63) is 75.7 Å². The molecule has 0 bridgehead atoms. The van der Waals surface area contributed by atoms with E-state index in [9.17, 15) is 18.0 Å². The van der Waals surface area contributed by atoms with Crippen LogP contribution in [0.1, 0.15) is 22.8 Å². The number of halogens is 3. The molecule has 1 aliphatic heterocycles. The van der Waals surface area contributed by atoms with Crippen molar-refractivity contribution in [1.82, 2.24) is 14.9 Å². The zero-order valence-corrected chi connectivity index (χ0v) is 14.2. The quantitative estimate of drug-likeness (QED) is 0.760. The Morgan fingerprint density at radius 1 is 1.15 bits per heavy atom. The second-order valence-electron chi connectivity index (χ2n) is 6.43. The van der Waals surface area contributed by atoms with Crippen LogP contribution in [0, 0.1) is 0 Å². The first-order valence-corrected chi connectivity index (χ1v) is 8.46. The molecule has 0 saturated heterocycles. The van der Waals surface area contributed by atoms with Gasteiger partial charge in [0.1, 0.15) is 11.5 Å². The van der Waals surface area contributed by atoms with E-state index in [0.29, 0.717) is 13.1 Å². The number of hydrogen-bond donors (Lipinski definition) is 1. The number of hydrogen-bond acceptors (Lipinski definition) is 4. The third-order valence-corrected chi connectivity index (χ3v) is 4.52. The number of fused-ring (bicyclic) bond motifs is 1. The van der Waals surface area contributed by atoms with E-state index in [1.807, 2.05) is 52.3 Å². The zero-order valence-electron chi connectivity index (χ0n) is 14.2. The molecular weight excluding hydrogens is 359 g/mol. The summed E-state index contributed by atoms with van der Waals surface area (Å²) in [6, 6.07) is 13.4. The van der Waals surface area contributed by atoms with Gasteiger partial charge < -0.3 is 9.40 Å². The highest BCUT2D eigenvalue weighted by Crippen LogP contribution is 2.27. The van der Waals surface area contributed by atoms with Gasteiger partial charge in [0.15, 0.2) is 0 Å². The molecule has 4 rings (SSSR count). The molecule has 0 spiro atoms. The lowest BCUT2D eigenvalue weighted by atomic mass is 10.1. The van der Waals surface area contributed by atoms with Gasteiger partial charge in [-0.05, 0) is 12.1 Å². The average Bonchev–Trinajstić information content (AvgIpc) is 3.10. The molecule has 2 aromatic heterocycles. The van der Waals surface area contributed by atoms with Crippen LogP contribution < -0.4 is 5.56 Å². The lowest BCUT2D eigenvalue weighted by Gasteiger charge is -2.27. The molecule has 0 saturated carbocycles. The Morgan fingerprint density at radius 3 is 2.67 bits per heavy atom. The predicted octanol–water partition coefficient (Wildman–Crippen LogP) is 3.61. The summed E-state index contributed by atoms with van der Waals surface area (Å²) in [6.07, 6.45) is -4.37. The van der Waals surface area contributed by atoms with Crippen LogP contribution in [-0.2, 0) is 25.7 Å². The number of nitrogens with one attached hydrogen (secondary N) is 1. The first-order valence-electron chi connectivity index (χ1n) is 8.46. The van der Waals surface area contributed by atoms with Crippen molar-refractivity contribution in [2.45, 2.75) is 25.7 Å². The van der Waals surface area contributed by atoms with Crippen LogP contribution in [0.15, 0.2) is 51.7 Å². The van der Waals surface area contributed by atoms with Crippen molar-refractivity contribution < 1.29 is 17.6 Å². The fraction of sp³-hybridized carbons (Fsp3) is 0.263. The fourth-order valence-electron chi connectivity index (χ4n) is 3.19. The Morgan fingerprint density at radius 2 is 1.93 bits per heavy atom. The van der Waals surface area contributed by atoms with Gasteiger partial charge in [-0.15, -0.1) is 0 Å². The lowest BCUT2D eigenvalue weighted by molar-refractivity contribution is -0.145. The van der Waals surface area contributed by atoms with E-state index in [1.54, 1.807) is 0 Å². The van der Waals surface area contributed by atoms with Gasteiger partial charge in [-0.2, -0.15) is 13.2 Å². The first-order chi connectivity index (χ1) is 12.9. The molecule has 1 aromatic carbocycles. The van der Waals surface area contributed by atoms with Gasteiger partial charge in [-0.3, -0.25) is 9.69 Å². The Bertz CT molecular complexity index is 1010. The van der Waals surface area contributed by atoms with E-state index in [2.05, 4.69) is 4.98 Å². The van der Waals surface area contributed by atoms with Crippen LogP contribution in [0.4, 0.5) is 13.2 Å². The summed E-state index contributed by atoms with van der Waals surface area (Å²) in [6.45, 7) is 1.20. The van der Waals surface area contributed by atoms with Crippen LogP contribution in [0.2, 0.25) is 0 Å². The van der Waals surface area contributed by atoms with Gasteiger partial charge in [0.25, 0.3) is 5.56 Å². The summed E-state index contributed by atoms with van der Waals surface area (Å²) < 4.78 is 44.2. The van der Waals surface area contributed by atoms with Gasteiger partial charge >= 0.3 is 6.18 Å². The standard InChI is InChI=1S/C19H16F3N3O2/c20-19(21,22)18-23-15-8-9-25(11-14(15)17(26)24-18)10-13-6-7-16(27-13)12-4-2-1-3-5-12/h1-7H,8-11H2,(H,23,24,26). The first kappa shape index (κ1) is 17.5. The molecule has 1 N–H and O–H groups in total. The highest BCUT2D eigenvalue weighted by atomic mass is 19.4. The molecule has 0 aliphatic carbocycles. The molecule has 1 aliphatic rings. The second-order valence-corrected chi connectivity index (χ2v) is 6.43. The monoisotopic (exact) mass is 375 g/mol. The van der Waals surface area contributed by atoms with E-state index < -0.39 is 17.6 Å². The number of rotatable bonds is 3. The van der Waals surface area contributed by atoms with E-state index in [-0.39, 0.29) is 24.2 Å². The normalized spacial score (nSPS) is 14.9. The van der Waals surface area contributed by atoms with E-state index in [0.717, 1.165) is 17.1 Å². The highest BCUT2D eigenvalue weighted by Gasteiger charge is 2.36. The number of nitrogens with zero attached hydrogens (tertiary/aromatic N) is 2. The van der Waals surface area contributed by atoms with Gasteiger partial charge in [0.2, 0.25) is 5.82 Å². The molecule has 0 amide bonds. The largest absolute Gasteiger partial charge is 0.460 e. The van der Waals surface area contributed by atoms with Crippen LogP contribution in [0.3, 0.4) is 0 Å². The number of aromatic nitrogens is 2. The topological polar surface area (TPSA) is 62.1 Å². The minimum absolute atomic E-state index is 0.215. The van der Waals surface area contributed by atoms with Crippen LogP contribution in [-0.4, -0.2) is 21.4 Å². The zero-order chi connectivity index (χ0) is 19.0. The Labute approximate surface area is 152 Å². The molecule has 140 valence electrons. The molecule has 27 heavy (non-hydrogen) atoms. The number of alkyl halides is 3. The van der Waals surface area contributed by atoms with E-state index >= 15 is 0 Å². The van der Waals surface area contributed by atoms with Gasteiger partial charge in [0.05, 0.1) is 17.8 Å². The molecule has 0 radical (unpaired) electrons. The van der Waals surface area contributed by atoms with Gasteiger partial charge in [-0.25, -0.2) is 4.98 Å². The minimum Gasteiger partial charge on any atom is -0.460 e. The molecule has 8 heteroatoms. The maximum Gasteiger partial charge on any atom is 0.449 e. The number of benzene rings is 1. The van der Waals surface area contributed by atoms with Crippen molar-refractivity contribution in [2.75, 3.05) is 6.54 Å². The summed E-state index contributed by atoms with van der Waals surface area (Å²) in [4.78, 5) is 19.5. The molecule has 3 heterocycles. The Hall–Kier alpha value is -2.87. The van der Waals surface area contributed by atoms with Crippen LogP contribution in [0.25, 0.3) is 11.3 Å². The number of furan rings is 1. The smallest absolute Gasteiger partial charge is 0.449 e. The summed E-state index contributed by atoms with van der Waals surface area (Å²) in [7, 11) is 0. The highest BCUT2D eigenvalue weighted by molar-refractivity contribution is 5.57.